The van der Waals surface area contributed by atoms with Gasteiger partial charge in [0.2, 0.25) is 0 Å². The van der Waals surface area contributed by atoms with Crippen molar-refractivity contribution < 1.29 is 51.2 Å². The highest BCUT2D eigenvalue weighted by molar-refractivity contribution is 7.66. The van der Waals surface area contributed by atoms with Crippen molar-refractivity contribution in [3.05, 3.63) is 12.7 Å². The standard InChI is InChI=1S/C9H19O11P3/c1-4-9(5-7(2)8(3)18-9)6-17-22(13,14)20-23(15,16)19-21(10,11)12/h4,7-8H,1,5-6H2,2-3H3,(H,13,14)(H,15,16)(H2,10,11,12)/t7-,8?,9?/m0/s1. The number of hydrogen-bond acceptors (Lipinski definition) is 7. The van der Waals surface area contributed by atoms with Crippen LogP contribution in [0.3, 0.4) is 0 Å². The minimum Gasteiger partial charge on any atom is -0.365 e. The number of rotatable bonds is 8. The Labute approximate surface area is 132 Å². The van der Waals surface area contributed by atoms with Gasteiger partial charge >= 0.3 is 23.5 Å². The van der Waals surface area contributed by atoms with E-state index in [1.807, 2.05) is 6.92 Å². The molecule has 0 aromatic heterocycles. The van der Waals surface area contributed by atoms with Gasteiger partial charge in [0.05, 0.1) is 12.7 Å². The van der Waals surface area contributed by atoms with E-state index in [1.165, 1.54) is 6.08 Å². The van der Waals surface area contributed by atoms with Crippen molar-refractivity contribution in [2.45, 2.75) is 32.0 Å². The third-order valence-corrected chi connectivity index (χ3v) is 6.93. The monoisotopic (exact) mass is 396 g/mol. The van der Waals surface area contributed by atoms with Gasteiger partial charge in [-0.3, -0.25) is 4.52 Å². The fourth-order valence-electron chi connectivity index (χ4n) is 2.02. The van der Waals surface area contributed by atoms with Crippen LogP contribution in [0.2, 0.25) is 0 Å². The molecule has 1 saturated heterocycles. The van der Waals surface area contributed by atoms with E-state index in [9.17, 15) is 18.6 Å². The first-order chi connectivity index (χ1) is 10.2. The minimum atomic E-state index is -5.52. The summed E-state index contributed by atoms with van der Waals surface area (Å²) in [5.41, 5.74) is -1.09. The zero-order chi connectivity index (χ0) is 18.1. The van der Waals surface area contributed by atoms with Gasteiger partial charge in [-0.05, 0) is 19.3 Å². The average molecular weight is 396 g/mol. The normalized spacial score (nSPS) is 33.8. The molecule has 5 atom stereocenters. The Balaban J connectivity index is 2.72. The van der Waals surface area contributed by atoms with E-state index >= 15 is 0 Å². The Bertz CT molecular complexity index is 573. The summed E-state index contributed by atoms with van der Waals surface area (Å²) >= 11 is 0. The van der Waals surface area contributed by atoms with Crippen LogP contribution in [0.4, 0.5) is 0 Å². The smallest absolute Gasteiger partial charge is 0.365 e. The molecule has 0 amide bonds. The predicted molar refractivity (Wildman–Crippen MR) is 77.1 cm³/mol. The van der Waals surface area contributed by atoms with Gasteiger partial charge in [0.1, 0.15) is 5.60 Å². The molecular weight excluding hydrogens is 377 g/mol. The second kappa shape index (κ2) is 7.15. The molecule has 1 heterocycles. The second-order valence-corrected chi connectivity index (χ2v) is 9.56. The van der Waals surface area contributed by atoms with Crippen molar-refractivity contribution in [2.75, 3.05) is 6.61 Å². The lowest BCUT2D eigenvalue weighted by molar-refractivity contribution is -0.0359. The summed E-state index contributed by atoms with van der Waals surface area (Å²) in [4.78, 5) is 35.3. The Kier molecular flexibility index (Phi) is 6.58. The SMILES string of the molecule is C=CC1(COP(=O)(O)OP(=O)(O)OP(=O)(O)O)C[C@H](C)C(C)O1. The molecule has 0 bridgehead atoms. The fourth-order valence-corrected chi connectivity index (χ4v) is 5.10. The van der Waals surface area contributed by atoms with Crippen molar-refractivity contribution in [1.82, 2.24) is 0 Å². The zero-order valence-corrected chi connectivity index (χ0v) is 15.0. The molecule has 4 unspecified atom stereocenters. The first-order valence-electron chi connectivity index (χ1n) is 6.29. The van der Waals surface area contributed by atoms with Crippen molar-refractivity contribution in [3.8, 4) is 0 Å². The largest absolute Gasteiger partial charge is 0.490 e. The highest BCUT2D eigenvalue weighted by Crippen LogP contribution is 2.66. The second-order valence-electron chi connectivity index (χ2n) is 5.14. The minimum absolute atomic E-state index is 0.109. The van der Waals surface area contributed by atoms with Gasteiger partial charge in [-0.1, -0.05) is 13.0 Å². The lowest BCUT2D eigenvalue weighted by Gasteiger charge is -2.26. The van der Waals surface area contributed by atoms with Crippen molar-refractivity contribution >= 4 is 23.5 Å². The van der Waals surface area contributed by atoms with Crippen LogP contribution in [0, 0.1) is 5.92 Å². The van der Waals surface area contributed by atoms with E-state index in [0.717, 1.165) is 0 Å². The van der Waals surface area contributed by atoms with Gasteiger partial charge in [-0.25, -0.2) is 13.7 Å². The highest BCUT2D eigenvalue weighted by atomic mass is 31.3. The molecule has 0 aliphatic carbocycles. The van der Waals surface area contributed by atoms with Crippen LogP contribution < -0.4 is 0 Å². The Morgan fingerprint density at radius 1 is 1.17 bits per heavy atom. The van der Waals surface area contributed by atoms with Crippen molar-refractivity contribution in [3.63, 3.8) is 0 Å². The molecule has 14 heteroatoms. The average Bonchev–Trinajstić information content (AvgIpc) is 2.59. The summed E-state index contributed by atoms with van der Waals surface area (Å²) in [6, 6.07) is 0. The topological polar surface area (TPSA) is 169 Å². The van der Waals surface area contributed by atoms with Crippen LogP contribution in [-0.2, 0) is 31.6 Å². The predicted octanol–water partition coefficient (Wildman–Crippen LogP) is 1.70. The molecule has 1 rings (SSSR count). The molecule has 0 radical (unpaired) electrons. The van der Waals surface area contributed by atoms with Crippen LogP contribution in [0.1, 0.15) is 20.3 Å². The summed E-state index contributed by atoms with van der Waals surface area (Å²) in [5, 5.41) is 0. The van der Waals surface area contributed by atoms with Gasteiger partial charge in [-0.2, -0.15) is 8.62 Å². The molecule has 11 nitrogen and oxygen atoms in total. The van der Waals surface area contributed by atoms with E-state index in [-0.39, 0.29) is 12.0 Å². The molecule has 0 spiro atoms. The van der Waals surface area contributed by atoms with Crippen LogP contribution in [0.15, 0.2) is 12.7 Å². The summed E-state index contributed by atoms with van der Waals surface area (Å²) in [6.07, 6.45) is 1.63. The van der Waals surface area contributed by atoms with E-state index in [1.54, 1.807) is 6.92 Å². The fraction of sp³-hybridized carbons (Fsp3) is 0.778. The highest BCUT2D eigenvalue weighted by Gasteiger charge is 2.45. The first kappa shape index (κ1) is 21.2. The molecule has 0 saturated carbocycles. The quantitative estimate of drug-likeness (QED) is 0.348. The van der Waals surface area contributed by atoms with Gasteiger partial charge in [-0.15, -0.1) is 6.58 Å². The van der Waals surface area contributed by atoms with Gasteiger partial charge in [0.15, 0.2) is 0 Å². The number of phosphoric ester groups is 1. The molecule has 1 aliphatic heterocycles. The number of hydrogen-bond donors (Lipinski definition) is 4. The van der Waals surface area contributed by atoms with Gasteiger partial charge in [0, 0.05) is 0 Å². The summed E-state index contributed by atoms with van der Waals surface area (Å²) in [5.74, 6) is 0.109. The zero-order valence-electron chi connectivity index (χ0n) is 12.3. The summed E-state index contributed by atoms with van der Waals surface area (Å²) in [6.45, 7) is 6.72. The molecule has 4 N–H and O–H groups in total. The van der Waals surface area contributed by atoms with E-state index < -0.39 is 35.7 Å². The maximum atomic E-state index is 11.6. The van der Waals surface area contributed by atoms with E-state index in [2.05, 4.69) is 19.7 Å². The van der Waals surface area contributed by atoms with E-state index in [0.29, 0.717) is 6.42 Å². The third kappa shape index (κ3) is 6.86. The Morgan fingerprint density at radius 2 is 1.74 bits per heavy atom. The molecule has 136 valence electrons. The van der Waals surface area contributed by atoms with Crippen LogP contribution in [-0.4, -0.2) is 37.9 Å². The van der Waals surface area contributed by atoms with E-state index in [4.69, 9.17) is 19.4 Å². The van der Waals surface area contributed by atoms with Crippen LogP contribution in [0.5, 0.6) is 0 Å². The Morgan fingerprint density at radius 3 is 2.13 bits per heavy atom. The van der Waals surface area contributed by atoms with Crippen molar-refractivity contribution in [1.29, 1.82) is 0 Å². The van der Waals surface area contributed by atoms with Crippen LogP contribution >= 0.6 is 23.5 Å². The molecule has 0 aromatic rings. The Hall–Kier alpha value is 0.110. The van der Waals surface area contributed by atoms with Crippen molar-refractivity contribution in [2.24, 2.45) is 5.92 Å². The lowest BCUT2D eigenvalue weighted by atomic mass is 9.94. The summed E-state index contributed by atoms with van der Waals surface area (Å²) < 4.78 is 50.8. The lowest BCUT2D eigenvalue weighted by Crippen LogP contribution is -2.31. The molecular formula is C9H19O11P3. The molecule has 0 aromatic carbocycles. The molecule has 23 heavy (non-hydrogen) atoms. The third-order valence-electron chi connectivity index (χ3n) is 3.15. The maximum absolute atomic E-state index is 11.6. The molecule has 1 fully saturated rings. The van der Waals surface area contributed by atoms with Gasteiger partial charge in [0.25, 0.3) is 0 Å². The number of phosphoric acid groups is 3. The number of ether oxygens (including phenoxy) is 1. The maximum Gasteiger partial charge on any atom is 0.490 e. The van der Waals surface area contributed by atoms with Crippen LogP contribution in [0.25, 0.3) is 0 Å². The first-order valence-corrected chi connectivity index (χ1v) is 10.8. The van der Waals surface area contributed by atoms with Gasteiger partial charge < -0.3 is 24.3 Å². The summed E-state index contributed by atoms with van der Waals surface area (Å²) in [7, 11) is -16.1. The molecule has 1 aliphatic rings.